The van der Waals surface area contributed by atoms with Crippen molar-refractivity contribution in [1.29, 1.82) is 0 Å². The number of carbonyl (C=O) groups is 1. The van der Waals surface area contributed by atoms with Crippen molar-refractivity contribution in [2.24, 2.45) is 0 Å². The molecule has 0 aliphatic heterocycles. The smallest absolute Gasteiger partial charge is 0.345 e. The fourth-order valence-corrected chi connectivity index (χ4v) is 1.89. The quantitative estimate of drug-likeness (QED) is 0.455. The first-order chi connectivity index (χ1) is 9.84. The molecule has 1 aromatic carbocycles. The Balaban J connectivity index is 2.62. The first kappa shape index (κ1) is 15.1. The molecule has 0 atom stereocenters. The van der Waals surface area contributed by atoms with E-state index in [2.05, 4.69) is 9.97 Å². The molecule has 3 N–H and O–H groups in total. The lowest BCUT2D eigenvalue weighted by molar-refractivity contribution is -0.136. The minimum absolute atomic E-state index is 0.154. The Morgan fingerprint density at radius 1 is 1.38 bits per heavy atom. The van der Waals surface area contributed by atoms with Gasteiger partial charge in [0.25, 0.3) is 0 Å². The van der Waals surface area contributed by atoms with E-state index in [0.29, 0.717) is 5.52 Å². The lowest BCUT2D eigenvalue weighted by atomic mass is 10.0. The second-order valence-electron chi connectivity index (χ2n) is 5.11. The number of carbonyl (C=O) groups excluding carboxylic acids is 1. The maximum atomic E-state index is 12.1. The summed E-state index contributed by atoms with van der Waals surface area (Å²) in [6, 6.07) is 7.22. The second kappa shape index (κ2) is 5.57. The number of benzene rings is 1. The number of fused-ring (bicyclic) bond motifs is 1. The largest absolute Gasteiger partial charge is 0.508 e. The van der Waals surface area contributed by atoms with Gasteiger partial charge in [0.05, 0.1) is 17.6 Å². The highest BCUT2D eigenvalue weighted by molar-refractivity contribution is 6.16. The number of H-pyrrole nitrogens is 1. The van der Waals surface area contributed by atoms with E-state index in [9.17, 15) is 15.0 Å². The Morgan fingerprint density at radius 3 is 2.62 bits per heavy atom. The van der Waals surface area contributed by atoms with Gasteiger partial charge in [0, 0.05) is 0 Å². The number of esters is 1. The standard InChI is InChI=1S/C15H18N2O4/c1-4-21-14(19)11(12(18)15(2,3)20)13-16-9-7-5-6-8-10(9)17-13/h5-8,18,20H,4H2,1-3H3,(H,16,17)/b12-11-. The molecule has 112 valence electrons. The summed E-state index contributed by atoms with van der Waals surface area (Å²) in [6.45, 7) is 4.57. The maximum absolute atomic E-state index is 12.1. The Morgan fingerprint density at radius 2 is 2.05 bits per heavy atom. The molecule has 1 heterocycles. The van der Waals surface area contributed by atoms with Gasteiger partial charge in [-0.3, -0.25) is 0 Å². The van der Waals surface area contributed by atoms with Crippen LogP contribution in [-0.2, 0) is 9.53 Å². The molecule has 2 aromatic rings. The van der Waals surface area contributed by atoms with Crippen LogP contribution in [0.25, 0.3) is 16.6 Å². The maximum Gasteiger partial charge on any atom is 0.345 e. The van der Waals surface area contributed by atoms with E-state index in [-0.39, 0.29) is 18.0 Å². The van der Waals surface area contributed by atoms with E-state index in [1.54, 1.807) is 19.1 Å². The van der Waals surface area contributed by atoms with Gasteiger partial charge in [0.2, 0.25) is 0 Å². The van der Waals surface area contributed by atoms with Crippen molar-refractivity contribution < 1.29 is 19.7 Å². The highest BCUT2D eigenvalue weighted by Gasteiger charge is 2.30. The molecule has 0 aliphatic rings. The van der Waals surface area contributed by atoms with Crippen molar-refractivity contribution in [3.63, 3.8) is 0 Å². The third-order valence-electron chi connectivity index (χ3n) is 2.92. The molecule has 0 spiro atoms. The van der Waals surface area contributed by atoms with Crippen LogP contribution in [0.15, 0.2) is 30.0 Å². The van der Waals surface area contributed by atoms with Crippen LogP contribution >= 0.6 is 0 Å². The Hall–Kier alpha value is -2.34. The van der Waals surface area contributed by atoms with Gasteiger partial charge in [0.15, 0.2) is 0 Å². The van der Waals surface area contributed by atoms with Crippen LogP contribution in [-0.4, -0.2) is 38.4 Å². The van der Waals surface area contributed by atoms with E-state index >= 15 is 0 Å². The van der Waals surface area contributed by atoms with Crippen molar-refractivity contribution in [3.8, 4) is 0 Å². The summed E-state index contributed by atoms with van der Waals surface area (Å²) < 4.78 is 4.94. The van der Waals surface area contributed by atoms with Crippen LogP contribution in [0, 0.1) is 0 Å². The average molecular weight is 290 g/mol. The molecule has 0 saturated carbocycles. The summed E-state index contributed by atoms with van der Waals surface area (Å²) in [5.41, 5.74) is -0.377. The van der Waals surface area contributed by atoms with Crippen molar-refractivity contribution in [3.05, 3.63) is 35.8 Å². The van der Waals surface area contributed by atoms with Crippen LogP contribution in [0.5, 0.6) is 0 Å². The number of aromatic amines is 1. The third-order valence-corrected chi connectivity index (χ3v) is 2.92. The van der Waals surface area contributed by atoms with E-state index in [1.165, 1.54) is 13.8 Å². The Kier molecular flexibility index (Phi) is 3.99. The molecule has 0 unspecified atom stereocenters. The van der Waals surface area contributed by atoms with Crippen LogP contribution in [0.3, 0.4) is 0 Å². The molecule has 6 heteroatoms. The minimum Gasteiger partial charge on any atom is -0.508 e. The van der Waals surface area contributed by atoms with E-state index in [0.717, 1.165) is 5.52 Å². The molecule has 6 nitrogen and oxygen atoms in total. The molecule has 0 fully saturated rings. The van der Waals surface area contributed by atoms with Crippen molar-refractivity contribution in [2.45, 2.75) is 26.4 Å². The zero-order valence-electron chi connectivity index (χ0n) is 12.2. The Labute approximate surface area is 122 Å². The monoisotopic (exact) mass is 290 g/mol. The molecule has 0 radical (unpaired) electrons. The summed E-state index contributed by atoms with van der Waals surface area (Å²) in [5.74, 6) is -1.06. The number of ether oxygens (including phenoxy) is 1. The molecule has 1 aromatic heterocycles. The fourth-order valence-electron chi connectivity index (χ4n) is 1.89. The average Bonchev–Trinajstić information content (AvgIpc) is 2.81. The fraction of sp³-hybridized carbons (Fsp3) is 0.333. The van der Waals surface area contributed by atoms with Crippen molar-refractivity contribution in [2.75, 3.05) is 6.61 Å². The summed E-state index contributed by atoms with van der Waals surface area (Å²) in [6.07, 6.45) is 0. The second-order valence-corrected chi connectivity index (χ2v) is 5.11. The summed E-state index contributed by atoms with van der Waals surface area (Å²) in [7, 11) is 0. The zero-order chi connectivity index (χ0) is 15.6. The number of nitrogens with zero attached hydrogens (tertiary/aromatic N) is 1. The van der Waals surface area contributed by atoms with Gasteiger partial charge >= 0.3 is 5.97 Å². The van der Waals surface area contributed by atoms with E-state index in [1.807, 2.05) is 12.1 Å². The number of hydrogen-bond acceptors (Lipinski definition) is 5. The number of nitrogens with one attached hydrogen (secondary N) is 1. The van der Waals surface area contributed by atoms with Crippen LogP contribution in [0.4, 0.5) is 0 Å². The van der Waals surface area contributed by atoms with Crippen molar-refractivity contribution in [1.82, 2.24) is 9.97 Å². The van der Waals surface area contributed by atoms with Gasteiger partial charge in [-0.25, -0.2) is 9.78 Å². The SMILES string of the molecule is CCOC(=O)/C(=C(\O)C(C)(C)O)c1nc2ccccc2[nH]1. The highest BCUT2D eigenvalue weighted by Crippen LogP contribution is 2.26. The van der Waals surface area contributed by atoms with Crippen molar-refractivity contribution >= 4 is 22.6 Å². The van der Waals surface area contributed by atoms with Crippen LogP contribution in [0.1, 0.15) is 26.6 Å². The lowest BCUT2D eigenvalue weighted by Crippen LogP contribution is -2.26. The predicted octanol–water partition coefficient (Wildman–Crippen LogP) is 2.17. The van der Waals surface area contributed by atoms with E-state index < -0.39 is 17.3 Å². The zero-order valence-corrected chi connectivity index (χ0v) is 12.2. The van der Waals surface area contributed by atoms with Crippen LogP contribution < -0.4 is 0 Å². The topological polar surface area (TPSA) is 95.4 Å². The molecular formula is C15H18N2O4. The Bertz CT molecular complexity index is 662. The summed E-state index contributed by atoms with van der Waals surface area (Å²) in [5, 5.41) is 20.1. The number of rotatable bonds is 4. The highest BCUT2D eigenvalue weighted by atomic mass is 16.5. The minimum atomic E-state index is -1.58. The number of para-hydroxylation sites is 2. The van der Waals surface area contributed by atoms with Gasteiger partial charge in [0.1, 0.15) is 22.8 Å². The summed E-state index contributed by atoms with van der Waals surface area (Å²) >= 11 is 0. The van der Waals surface area contributed by atoms with Gasteiger partial charge in [-0.05, 0) is 32.9 Å². The normalized spacial score (nSPS) is 13.1. The molecule has 21 heavy (non-hydrogen) atoms. The molecule has 0 saturated heterocycles. The lowest BCUT2D eigenvalue weighted by Gasteiger charge is -2.18. The van der Waals surface area contributed by atoms with Gasteiger partial charge in [-0.15, -0.1) is 0 Å². The van der Waals surface area contributed by atoms with Gasteiger partial charge in [-0.2, -0.15) is 0 Å². The first-order valence-electron chi connectivity index (χ1n) is 6.63. The molecular weight excluding hydrogens is 272 g/mol. The molecule has 0 aliphatic carbocycles. The van der Waals surface area contributed by atoms with Gasteiger partial charge in [-0.1, -0.05) is 12.1 Å². The predicted molar refractivity (Wildman–Crippen MR) is 78.6 cm³/mol. The number of imidazole rings is 1. The number of aliphatic hydroxyl groups is 2. The summed E-state index contributed by atoms with van der Waals surface area (Å²) in [4.78, 5) is 19.3. The van der Waals surface area contributed by atoms with Crippen LogP contribution in [0.2, 0.25) is 0 Å². The number of aromatic nitrogens is 2. The molecule has 0 bridgehead atoms. The van der Waals surface area contributed by atoms with E-state index in [4.69, 9.17) is 4.74 Å². The van der Waals surface area contributed by atoms with Gasteiger partial charge < -0.3 is 19.9 Å². The first-order valence-corrected chi connectivity index (χ1v) is 6.63. The third kappa shape index (κ3) is 3.05. The number of aliphatic hydroxyl groups excluding tert-OH is 1. The number of hydrogen-bond donors (Lipinski definition) is 3. The molecule has 2 rings (SSSR count). The molecule has 0 amide bonds.